The predicted octanol–water partition coefficient (Wildman–Crippen LogP) is 1.88. The van der Waals surface area contributed by atoms with E-state index in [1.165, 1.54) is 4.90 Å². The van der Waals surface area contributed by atoms with Crippen molar-refractivity contribution in [2.24, 2.45) is 5.92 Å². The second kappa shape index (κ2) is 8.38. The molecule has 2 rings (SSSR count). The maximum atomic E-state index is 12.8. The molecule has 1 aromatic carbocycles. The van der Waals surface area contributed by atoms with Crippen LogP contribution in [0.25, 0.3) is 0 Å². The van der Waals surface area contributed by atoms with Crippen molar-refractivity contribution in [3.8, 4) is 0 Å². The van der Waals surface area contributed by atoms with Crippen molar-refractivity contribution in [1.29, 1.82) is 0 Å². The van der Waals surface area contributed by atoms with Gasteiger partial charge < -0.3 is 10.4 Å². The smallest absolute Gasteiger partial charge is 0.323 e. The summed E-state index contributed by atoms with van der Waals surface area (Å²) in [7, 11) is 0. The van der Waals surface area contributed by atoms with Gasteiger partial charge >= 0.3 is 5.97 Å². The molecule has 25 heavy (non-hydrogen) atoms. The third kappa shape index (κ3) is 4.98. The quantitative estimate of drug-likeness (QED) is 0.673. The van der Waals surface area contributed by atoms with Crippen LogP contribution in [0.15, 0.2) is 24.3 Å². The topological polar surface area (TPSA) is 86.7 Å². The van der Waals surface area contributed by atoms with E-state index in [1.54, 1.807) is 12.1 Å². The first kappa shape index (κ1) is 19.3. The van der Waals surface area contributed by atoms with E-state index in [4.69, 9.17) is 5.11 Å². The molecule has 2 atom stereocenters. The summed E-state index contributed by atoms with van der Waals surface area (Å²) in [6.07, 6.45) is 1.62. The van der Waals surface area contributed by atoms with Crippen LogP contribution >= 0.6 is 12.6 Å². The Kier molecular flexibility index (Phi) is 6.47. The Balaban J connectivity index is 2.20. The van der Waals surface area contributed by atoms with Crippen LogP contribution in [0.1, 0.15) is 32.3 Å². The number of amides is 2. The summed E-state index contributed by atoms with van der Waals surface area (Å²) in [4.78, 5) is 37.6. The Labute approximate surface area is 153 Å². The van der Waals surface area contributed by atoms with Crippen LogP contribution in [-0.4, -0.2) is 40.7 Å². The highest BCUT2D eigenvalue weighted by Crippen LogP contribution is 2.27. The van der Waals surface area contributed by atoms with Gasteiger partial charge in [0.05, 0.1) is 5.25 Å². The molecule has 0 saturated heterocycles. The number of anilines is 1. The van der Waals surface area contributed by atoms with Gasteiger partial charge in [0.15, 0.2) is 0 Å². The van der Waals surface area contributed by atoms with E-state index in [0.29, 0.717) is 30.9 Å². The normalized spacial score (nSPS) is 18.5. The van der Waals surface area contributed by atoms with Gasteiger partial charge in [0.2, 0.25) is 11.8 Å². The van der Waals surface area contributed by atoms with Gasteiger partial charge in [-0.1, -0.05) is 32.0 Å². The summed E-state index contributed by atoms with van der Waals surface area (Å²) in [5, 5.41) is 11.4. The highest BCUT2D eigenvalue weighted by molar-refractivity contribution is 7.81. The number of fused-ring (bicyclic) bond motifs is 1. The molecule has 0 saturated carbocycles. The zero-order valence-electron chi connectivity index (χ0n) is 14.4. The van der Waals surface area contributed by atoms with Crippen molar-refractivity contribution in [1.82, 2.24) is 5.32 Å². The predicted molar refractivity (Wildman–Crippen MR) is 98.9 cm³/mol. The lowest BCUT2D eigenvalue weighted by Crippen LogP contribution is -2.51. The molecule has 0 spiro atoms. The summed E-state index contributed by atoms with van der Waals surface area (Å²) in [5.41, 5.74) is 1.50. The van der Waals surface area contributed by atoms with Crippen LogP contribution in [-0.2, 0) is 20.8 Å². The van der Waals surface area contributed by atoms with E-state index in [9.17, 15) is 14.4 Å². The standard InChI is InChI=1S/C18H24N2O4S/c1-11(2)9-15(25)17(23)19-13-8-7-12-5-3-4-6-14(12)20(18(13)24)10-16(21)22/h3-6,11,13,15,25H,7-10H2,1-2H3,(H,19,23)(H,21,22)/t13-,15+/m0/s1. The fourth-order valence-electron chi connectivity index (χ4n) is 2.97. The van der Waals surface area contributed by atoms with Crippen molar-refractivity contribution >= 4 is 36.1 Å². The Bertz CT molecular complexity index is 662. The van der Waals surface area contributed by atoms with Crippen LogP contribution in [0, 0.1) is 5.92 Å². The molecule has 1 aliphatic rings. The fraction of sp³-hybridized carbons (Fsp3) is 0.500. The average Bonchev–Trinajstić information content (AvgIpc) is 2.66. The van der Waals surface area contributed by atoms with Gasteiger partial charge in [-0.25, -0.2) is 0 Å². The number of carboxylic acid groups (broad SMARTS) is 1. The summed E-state index contributed by atoms with van der Waals surface area (Å²) < 4.78 is 0. The van der Waals surface area contributed by atoms with E-state index in [-0.39, 0.29) is 5.91 Å². The Hall–Kier alpha value is -2.02. The largest absolute Gasteiger partial charge is 0.480 e. The summed E-state index contributed by atoms with van der Waals surface area (Å²) in [5.74, 6) is -1.48. The lowest BCUT2D eigenvalue weighted by molar-refractivity contribution is -0.137. The van der Waals surface area contributed by atoms with Gasteiger partial charge in [0.25, 0.3) is 0 Å². The number of aliphatic carboxylic acids is 1. The first-order chi connectivity index (χ1) is 11.8. The molecule has 0 unspecified atom stereocenters. The van der Waals surface area contributed by atoms with Crippen LogP contribution in [0.4, 0.5) is 5.69 Å². The Morgan fingerprint density at radius 1 is 1.36 bits per heavy atom. The Morgan fingerprint density at radius 2 is 2.04 bits per heavy atom. The number of nitrogens with zero attached hydrogens (tertiary/aromatic N) is 1. The second-order valence-corrected chi connectivity index (χ2v) is 7.32. The number of carbonyl (C=O) groups is 3. The van der Waals surface area contributed by atoms with Crippen molar-refractivity contribution in [3.63, 3.8) is 0 Å². The van der Waals surface area contributed by atoms with Crippen LogP contribution in [0.2, 0.25) is 0 Å². The molecule has 0 aromatic heterocycles. The molecule has 0 aliphatic carbocycles. The number of para-hydroxylation sites is 1. The highest BCUT2D eigenvalue weighted by atomic mass is 32.1. The minimum Gasteiger partial charge on any atom is -0.480 e. The van der Waals surface area contributed by atoms with Crippen molar-refractivity contribution in [2.45, 2.75) is 44.4 Å². The lowest BCUT2D eigenvalue weighted by Gasteiger charge is -2.25. The van der Waals surface area contributed by atoms with Gasteiger partial charge in [-0.05, 0) is 36.8 Å². The summed E-state index contributed by atoms with van der Waals surface area (Å²) in [6, 6.07) is 6.49. The molecular formula is C18H24N2O4S. The monoisotopic (exact) mass is 364 g/mol. The van der Waals surface area contributed by atoms with Crippen LogP contribution in [0.3, 0.4) is 0 Å². The SMILES string of the molecule is CC(C)C[C@@H](S)C(=O)N[C@H]1CCc2ccccc2N(CC(=O)O)C1=O. The number of rotatable bonds is 6. The maximum absolute atomic E-state index is 12.8. The van der Waals surface area contributed by atoms with E-state index in [1.807, 2.05) is 26.0 Å². The first-order valence-electron chi connectivity index (χ1n) is 8.39. The maximum Gasteiger partial charge on any atom is 0.323 e. The number of hydrogen-bond acceptors (Lipinski definition) is 4. The number of thiol groups is 1. The molecule has 0 fully saturated rings. The number of carbonyl (C=O) groups excluding carboxylic acids is 2. The number of nitrogens with one attached hydrogen (secondary N) is 1. The van der Waals surface area contributed by atoms with Gasteiger partial charge in [-0.3, -0.25) is 19.3 Å². The van der Waals surface area contributed by atoms with E-state index >= 15 is 0 Å². The van der Waals surface area contributed by atoms with Gasteiger partial charge in [0, 0.05) is 5.69 Å². The minimum atomic E-state index is -1.10. The molecular weight excluding hydrogens is 340 g/mol. The molecule has 0 radical (unpaired) electrons. The summed E-state index contributed by atoms with van der Waals surface area (Å²) in [6.45, 7) is 3.57. The molecule has 1 aromatic rings. The van der Waals surface area contributed by atoms with E-state index in [2.05, 4.69) is 17.9 Å². The van der Waals surface area contributed by atoms with Crippen molar-refractivity contribution < 1.29 is 19.5 Å². The number of benzene rings is 1. The first-order valence-corrected chi connectivity index (χ1v) is 8.90. The summed E-state index contributed by atoms with van der Waals surface area (Å²) >= 11 is 4.32. The molecule has 2 amide bonds. The van der Waals surface area contributed by atoms with Crippen molar-refractivity contribution in [3.05, 3.63) is 29.8 Å². The zero-order valence-corrected chi connectivity index (χ0v) is 15.3. The molecule has 1 heterocycles. The molecule has 1 aliphatic heterocycles. The minimum absolute atomic E-state index is 0.295. The van der Waals surface area contributed by atoms with E-state index in [0.717, 1.165) is 5.56 Å². The van der Waals surface area contributed by atoms with Gasteiger partial charge in [-0.2, -0.15) is 12.6 Å². The molecule has 2 N–H and O–H groups in total. The van der Waals surface area contributed by atoms with Gasteiger partial charge in [0.1, 0.15) is 12.6 Å². The third-order valence-corrected chi connectivity index (χ3v) is 4.60. The van der Waals surface area contributed by atoms with Crippen LogP contribution < -0.4 is 10.2 Å². The van der Waals surface area contributed by atoms with Crippen molar-refractivity contribution in [2.75, 3.05) is 11.4 Å². The molecule has 0 bridgehead atoms. The second-order valence-electron chi connectivity index (χ2n) is 6.69. The fourth-order valence-corrected chi connectivity index (χ4v) is 3.47. The molecule has 7 heteroatoms. The zero-order chi connectivity index (χ0) is 18.6. The number of aryl methyl sites for hydroxylation is 1. The Morgan fingerprint density at radius 3 is 2.68 bits per heavy atom. The lowest BCUT2D eigenvalue weighted by atomic mass is 10.0. The number of carboxylic acids is 1. The third-order valence-electron chi connectivity index (χ3n) is 4.16. The molecule has 136 valence electrons. The van der Waals surface area contributed by atoms with E-state index < -0.39 is 29.7 Å². The number of hydrogen-bond donors (Lipinski definition) is 3. The van der Waals surface area contributed by atoms with Crippen LogP contribution in [0.5, 0.6) is 0 Å². The average molecular weight is 364 g/mol. The van der Waals surface area contributed by atoms with Gasteiger partial charge in [-0.15, -0.1) is 0 Å². The highest BCUT2D eigenvalue weighted by Gasteiger charge is 2.33. The molecule has 6 nitrogen and oxygen atoms in total.